The predicted molar refractivity (Wildman–Crippen MR) is 92.4 cm³/mol. The van der Waals surface area contributed by atoms with E-state index in [0.717, 1.165) is 24.8 Å². The lowest BCUT2D eigenvalue weighted by Crippen LogP contribution is -2.50. The minimum atomic E-state index is -0.259. The zero-order valence-electron chi connectivity index (χ0n) is 14.2. The van der Waals surface area contributed by atoms with Crippen LogP contribution in [0.5, 0.6) is 0 Å². The molecule has 23 heavy (non-hydrogen) atoms. The second-order valence-corrected chi connectivity index (χ2v) is 6.67. The van der Waals surface area contributed by atoms with E-state index in [4.69, 9.17) is 0 Å². The Balaban J connectivity index is 1.80. The van der Waals surface area contributed by atoms with Gasteiger partial charge < -0.3 is 20.6 Å². The molecular formula is C18H29N3O2. The lowest BCUT2D eigenvalue weighted by Gasteiger charge is -2.34. The average molecular weight is 319 g/mol. The highest BCUT2D eigenvalue weighted by molar-refractivity contribution is 5.74. The van der Waals surface area contributed by atoms with Crippen LogP contribution in [-0.2, 0) is 6.42 Å². The molecule has 0 spiro atoms. The van der Waals surface area contributed by atoms with Gasteiger partial charge in [0.25, 0.3) is 0 Å². The predicted octanol–water partition coefficient (Wildman–Crippen LogP) is 1.76. The van der Waals surface area contributed by atoms with Crippen molar-refractivity contribution in [3.05, 3.63) is 35.9 Å². The molecule has 2 amide bonds. The molecule has 1 aliphatic rings. The summed E-state index contributed by atoms with van der Waals surface area (Å²) in [5, 5.41) is 15.5. The molecule has 0 bridgehead atoms. The van der Waals surface area contributed by atoms with Gasteiger partial charge in [0.15, 0.2) is 0 Å². The van der Waals surface area contributed by atoms with Crippen molar-refractivity contribution in [3.8, 4) is 0 Å². The van der Waals surface area contributed by atoms with Crippen LogP contribution in [0, 0.1) is 0 Å². The Kier molecular flexibility index (Phi) is 6.86. The van der Waals surface area contributed by atoms with Crippen molar-refractivity contribution in [1.82, 2.24) is 15.5 Å². The molecule has 3 N–H and O–H groups in total. The highest BCUT2D eigenvalue weighted by Gasteiger charge is 2.25. The summed E-state index contributed by atoms with van der Waals surface area (Å²) in [6.07, 6.45) is 4.99. The highest BCUT2D eigenvalue weighted by atomic mass is 16.3. The minimum absolute atomic E-state index is 0.0622. The second-order valence-electron chi connectivity index (χ2n) is 6.67. The van der Waals surface area contributed by atoms with Gasteiger partial charge in [-0.1, -0.05) is 30.3 Å². The Morgan fingerprint density at radius 3 is 2.70 bits per heavy atom. The standard InChI is InChI=1S/C18H29N3O2/c1-21(2)17-10-6-9-15(12-17)19-18(23)20-16(13-22)11-14-7-4-3-5-8-14/h3-5,7-8,15-17,22H,6,9-13H2,1-2H3,(H2,19,20,23)/t15-,16-,17-/m0/s1. The van der Waals surface area contributed by atoms with Crippen LogP contribution in [0.15, 0.2) is 30.3 Å². The summed E-state index contributed by atoms with van der Waals surface area (Å²) in [6, 6.07) is 10.2. The molecule has 1 aromatic carbocycles. The summed E-state index contributed by atoms with van der Waals surface area (Å²) in [5.41, 5.74) is 1.11. The van der Waals surface area contributed by atoms with Crippen LogP contribution in [0.3, 0.4) is 0 Å². The molecule has 1 fully saturated rings. The fourth-order valence-corrected chi connectivity index (χ4v) is 3.24. The molecule has 5 nitrogen and oxygen atoms in total. The van der Waals surface area contributed by atoms with Crippen LogP contribution in [0.25, 0.3) is 0 Å². The number of aliphatic hydroxyl groups excluding tert-OH is 1. The van der Waals surface area contributed by atoms with Crippen molar-refractivity contribution in [2.45, 2.75) is 50.2 Å². The van der Waals surface area contributed by atoms with Crippen molar-refractivity contribution < 1.29 is 9.90 Å². The maximum atomic E-state index is 12.2. The number of hydrogen-bond acceptors (Lipinski definition) is 3. The van der Waals surface area contributed by atoms with Crippen LogP contribution in [0.1, 0.15) is 31.2 Å². The third-order valence-electron chi connectivity index (χ3n) is 4.59. The fourth-order valence-electron chi connectivity index (χ4n) is 3.24. The minimum Gasteiger partial charge on any atom is -0.394 e. The number of aliphatic hydroxyl groups is 1. The number of amides is 2. The number of hydrogen-bond donors (Lipinski definition) is 3. The smallest absolute Gasteiger partial charge is 0.315 e. The zero-order valence-corrected chi connectivity index (χ0v) is 14.2. The van der Waals surface area contributed by atoms with Crippen molar-refractivity contribution in [1.29, 1.82) is 0 Å². The molecule has 0 aromatic heterocycles. The SMILES string of the molecule is CN(C)[C@H]1CCC[C@H](NC(=O)N[C@H](CO)Cc2ccccc2)C1. The second kappa shape index (κ2) is 8.89. The maximum absolute atomic E-state index is 12.2. The highest BCUT2D eigenvalue weighted by Crippen LogP contribution is 2.21. The van der Waals surface area contributed by atoms with E-state index in [1.54, 1.807) is 0 Å². The number of carbonyl (C=O) groups excluding carboxylic acids is 1. The number of nitrogens with one attached hydrogen (secondary N) is 2. The summed E-state index contributed by atoms with van der Waals surface area (Å²) < 4.78 is 0. The Morgan fingerprint density at radius 2 is 2.04 bits per heavy atom. The van der Waals surface area contributed by atoms with Crippen LogP contribution >= 0.6 is 0 Å². The van der Waals surface area contributed by atoms with Crippen LogP contribution < -0.4 is 10.6 Å². The summed E-state index contributed by atoms with van der Waals surface area (Å²) >= 11 is 0. The van der Waals surface area contributed by atoms with Gasteiger partial charge >= 0.3 is 6.03 Å². The van der Waals surface area contributed by atoms with Crippen LogP contribution in [0.4, 0.5) is 4.79 Å². The fraction of sp³-hybridized carbons (Fsp3) is 0.611. The largest absolute Gasteiger partial charge is 0.394 e. The topological polar surface area (TPSA) is 64.6 Å². The van der Waals surface area contributed by atoms with E-state index in [2.05, 4.69) is 29.6 Å². The van der Waals surface area contributed by atoms with E-state index in [0.29, 0.717) is 12.5 Å². The van der Waals surface area contributed by atoms with E-state index in [1.165, 1.54) is 6.42 Å². The van der Waals surface area contributed by atoms with Gasteiger partial charge in [-0.2, -0.15) is 0 Å². The molecule has 5 heteroatoms. The van der Waals surface area contributed by atoms with Crippen molar-refractivity contribution in [2.24, 2.45) is 0 Å². The van der Waals surface area contributed by atoms with Crippen LogP contribution in [0.2, 0.25) is 0 Å². The van der Waals surface area contributed by atoms with E-state index in [9.17, 15) is 9.90 Å². The lowest BCUT2D eigenvalue weighted by atomic mass is 9.90. The number of rotatable bonds is 6. The number of urea groups is 1. The lowest BCUT2D eigenvalue weighted by molar-refractivity contribution is 0.187. The zero-order chi connectivity index (χ0) is 16.7. The van der Waals surface area contributed by atoms with Gasteiger partial charge in [0.05, 0.1) is 12.6 Å². The van der Waals surface area contributed by atoms with Gasteiger partial charge in [0.1, 0.15) is 0 Å². The first kappa shape index (κ1) is 17.8. The van der Waals surface area contributed by atoms with Gasteiger partial charge in [-0.3, -0.25) is 0 Å². The van der Waals surface area contributed by atoms with E-state index in [1.807, 2.05) is 30.3 Å². The number of nitrogens with zero attached hydrogens (tertiary/aromatic N) is 1. The molecular weight excluding hydrogens is 290 g/mol. The van der Waals surface area contributed by atoms with Crippen molar-refractivity contribution in [3.63, 3.8) is 0 Å². The Bertz CT molecular complexity index is 478. The molecule has 1 aromatic rings. The van der Waals surface area contributed by atoms with Gasteiger partial charge in [0.2, 0.25) is 0 Å². The average Bonchev–Trinajstić information content (AvgIpc) is 2.55. The molecule has 0 saturated heterocycles. The van der Waals surface area contributed by atoms with E-state index in [-0.39, 0.29) is 24.7 Å². The molecule has 1 aliphatic carbocycles. The quantitative estimate of drug-likeness (QED) is 0.749. The Hall–Kier alpha value is -1.59. The molecule has 0 unspecified atom stereocenters. The number of benzene rings is 1. The summed E-state index contributed by atoms with van der Waals surface area (Å²) in [6.45, 7) is -0.0622. The van der Waals surface area contributed by atoms with Gasteiger partial charge in [-0.05, 0) is 51.8 Å². The van der Waals surface area contributed by atoms with Gasteiger partial charge in [-0.25, -0.2) is 4.79 Å². The third kappa shape index (κ3) is 5.84. The molecule has 2 rings (SSSR count). The molecule has 128 valence electrons. The third-order valence-corrected chi connectivity index (χ3v) is 4.59. The van der Waals surface area contributed by atoms with Crippen LogP contribution in [-0.4, -0.2) is 54.9 Å². The number of carbonyl (C=O) groups is 1. The van der Waals surface area contributed by atoms with E-state index >= 15 is 0 Å². The van der Waals surface area contributed by atoms with Gasteiger partial charge in [-0.15, -0.1) is 0 Å². The Labute approximate surface area is 139 Å². The summed E-state index contributed by atoms with van der Waals surface area (Å²) in [7, 11) is 4.18. The normalized spacial score (nSPS) is 22.6. The molecule has 0 radical (unpaired) electrons. The first-order valence-corrected chi connectivity index (χ1v) is 8.46. The first-order valence-electron chi connectivity index (χ1n) is 8.46. The van der Waals surface area contributed by atoms with E-state index < -0.39 is 0 Å². The monoisotopic (exact) mass is 319 g/mol. The van der Waals surface area contributed by atoms with Crippen molar-refractivity contribution in [2.75, 3.05) is 20.7 Å². The molecule has 0 aliphatic heterocycles. The van der Waals surface area contributed by atoms with Crippen molar-refractivity contribution >= 4 is 6.03 Å². The molecule has 1 saturated carbocycles. The first-order chi connectivity index (χ1) is 11.1. The molecule has 0 heterocycles. The Morgan fingerprint density at radius 1 is 1.30 bits per heavy atom. The summed E-state index contributed by atoms with van der Waals surface area (Å²) in [5.74, 6) is 0. The maximum Gasteiger partial charge on any atom is 0.315 e. The molecule has 3 atom stereocenters. The summed E-state index contributed by atoms with van der Waals surface area (Å²) in [4.78, 5) is 14.4. The van der Waals surface area contributed by atoms with Gasteiger partial charge in [0, 0.05) is 12.1 Å².